The maximum atomic E-state index is 5.60. The molecule has 2 aliphatic carbocycles. The lowest BCUT2D eigenvalue weighted by molar-refractivity contribution is 0.103. The van der Waals surface area contributed by atoms with Gasteiger partial charge < -0.3 is 4.74 Å². The van der Waals surface area contributed by atoms with Gasteiger partial charge in [0.2, 0.25) is 0 Å². The van der Waals surface area contributed by atoms with Crippen LogP contribution >= 0.6 is 0 Å². The zero-order valence-corrected chi connectivity index (χ0v) is 8.37. The SMILES string of the molecule is C1CCC2CC3COCC3CC2C1. The molecule has 1 heterocycles. The average Bonchev–Trinajstić information content (AvgIpc) is 2.61. The van der Waals surface area contributed by atoms with Gasteiger partial charge in [-0.1, -0.05) is 25.7 Å². The van der Waals surface area contributed by atoms with E-state index in [1.165, 1.54) is 38.5 Å². The third-order valence-electron chi connectivity index (χ3n) is 4.61. The van der Waals surface area contributed by atoms with E-state index in [4.69, 9.17) is 4.74 Å². The smallest absolute Gasteiger partial charge is 0.0498 e. The predicted molar refractivity (Wildman–Crippen MR) is 52.5 cm³/mol. The summed E-state index contributed by atoms with van der Waals surface area (Å²) in [6, 6.07) is 0. The highest BCUT2D eigenvalue weighted by Crippen LogP contribution is 2.47. The molecule has 0 aromatic heterocycles. The fourth-order valence-electron chi connectivity index (χ4n) is 3.85. The molecule has 0 aromatic rings. The minimum atomic E-state index is 0.944. The third kappa shape index (κ3) is 1.41. The molecule has 2 saturated carbocycles. The van der Waals surface area contributed by atoms with Gasteiger partial charge in [0.1, 0.15) is 0 Å². The zero-order valence-electron chi connectivity index (χ0n) is 8.37. The monoisotopic (exact) mass is 180 g/mol. The summed E-state index contributed by atoms with van der Waals surface area (Å²) in [5.41, 5.74) is 0. The number of hydrogen-bond donors (Lipinski definition) is 0. The Balaban J connectivity index is 1.71. The van der Waals surface area contributed by atoms with E-state index in [0.29, 0.717) is 0 Å². The summed E-state index contributed by atoms with van der Waals surface area (Å²) in [5, 5.41) is 0. The molecule has 1 saturated heterocycles. The van der Waals surface area contributed by atoms with Crippen molar-refractivity contribution in [1.29, 1.82) is 0 Å². The molecule has 1 aliphatic heterocycles. The summed E-state index contributed by atoms with van der Waals surface area (Å²) < 4.78 is 5.60. The summed E-state index contributed by atoms with van der Waals surface area (Å²) in [6.45, 7) is 2.15. The van der Waals surface area contributed by atoms with Crippen molar-refractivity contribution in [3.63, 3.8) is 0 Å². The molecule has 3 aliphatic rings. The molecular formula is C12H20O. The minimum absolute atomic E-state index is 0.944. The summed E-state index contributed by atoms with van der Waals surface area (Å²) >= 11 is 0. The van der Waals surface area contributed by atoms with Gasteiger partial charge in [0, 0.05) is 13.2 Å². The lowest BCUT2D eigenvalue weighted by Crippen LogP contribution is -2.33. The first-order valence-corrected chi connectivity index (χ1v) is 6.01. The molecule has 0 N–H and O–H groups in total. The summed E-state index contributed by atoms with van der Waals surface area (Å²) in [4.78, 5) is 0. The standard InChI is InChI=1S/C12H20O/c1-2-4-10-6-12-8-13-7-11(12)5-9(10)3-1/h9-12H,1-8H2. The Kier molecular flexibility index (Phi) is 2.08. The second-order valence-electron chi connectivity index (χ2n) is 5.33. The van der Waals surface area contributed by atoms with Gasteiger partial charge in [-0.2, -0.15) is 0 Å². The highest BCUT2D eigenvalue weighted by Gasteiger charge is 2.40. The van der Waals surface area contributed by atoms with E-state index in [1.807, 2.05) is 0 Å². The maximum Gasteiger partial charge on any atom is 0.0498 e. The molecule has 3 fully saturated rings. The first-order valence-electron chi connectivity index (χ1n) is 6.01. The van der Waals surface area contributed by atoms with E-state index >= 15 is 0 Å². The molecule has 1 heteroatoms. The van der Waals surface area contributed by atoms with Crippen molar-refractivity contribution in [1.82, 2.24) is 0 Å². The van der Waals surface area contributed by atoms with Crippen LogP contribution < -0.4 is 0 Å². The Labute approximate surface area is 80.8 Å². The Morgan fingerprint density at radius 3 is 1.77 bits per heavy atom. The molecule has 74 valence electrons. The number of fused-ring (bicyclic) bond motifs is 2. The van der Waals surface area contributed by atoms with Crippen LogP contribution in [-0.4, -0.2) is 13.2 Å². The third-order valence-corrected chi connectivity index (χ3v) is 4.61. The van der Waals surface area contributed by atoms with Crippen LogP contribution in [0.4, 0.5) is 0 Å². The number of hydrogen-bond acceptors (Lipinski definition) is 1. The molecule has 0 bridgehead atoms. The largest absolute Gasteiger partial charge is 0.381 e. The van der Waals surface area contributed by atoms with Gasteiger partial charge in [0.25, 0.3) is 0 Å². The lowest BCUT2D eigenvalue weighted by atomic mass is 9.64. The fraction of sp³-hybridized carbons (Fsp3) is 1.00. The summed E-state index contributed by atoms with van der Waals surface area (Å²) in [5.74, 6) is 4.05. The fourth-order valence-corrected chi connectivity index (χ4v) is 3.85. The lowest BCUT2D eigenvalue weighted by Gasteiger charge is -2.40. The minimum Gasteiger partial charge on any atom is -0.381 e. The van der Waals surface area contributed by atoms with Crippen LogP contribution in [0.1, 0.15) is 38.5 Å². The van der Waals surface area contributed by atoms with Crippen molar-refractivity contribution in [3.8, 4) is 0 Å². The Hall–Kier alpha value is -0.0400. The van der Waals surface area contributed by atoms with Crippen LogP contribution in [0.25, 0.3) is 0 Å². The van der Waals surface area contributed by atoms with Crippen LogP contribution in [-0.2, 0) is 4.74 Å². The second-order valence-corrected chi connectivity index (χ2v) is 5.33. The van der Waals surface area contributed by atoms with Gasteiger partial charge in [0.05, 0.1) is 0 Å². The predicted octanol–water partition coefficient (Wildman–Crippen LogP) is 2.85. The topological polar surface area (TPSA) is 9.23 Å². The Morgan fingerprint density at radius 1 is 0.692 bits per heavy atom. The molecule has 4 unspecified atom stereocenters. The van der Waals surface area contributed by atoms with Crippen LogP contribution in [0, 0.1) is 23.7 Å². The summed E-state index contributed by atoms with van der Waals surface area (Å²) in [7, 11) is 0. The van der Waals surface area contributed by atoms with Crippen molar-refractivity contribution in [2.45, 2.75) is 38.5 Å². The van der Waals surface area contributed by atoms with E-state index in [-0.39, 0.29) is 0 Å². The molecule has 3 rings (SSSR count). The molecule has 0 spiro atoms. The van der Waals surface area contributed by atoms with Crippen LogP contribution in [0.5, 0.6) is 0 Å². The van der Waals surface area contributed by atoms with E-state index in [9.17, 15) is 0 Å². The average molecular weight is 180 g/mol. The van der Waals surface area contributed by atoms with Crippen LogP contribution in [0.3, 0.4) is 0 Å². The molecule has 13 heavy (non-hydrogen) atoms. The molecule has 1 nitrogen and oxygen atoms in total. The number of rotatable bonds is 0. The second kappa shape index (κ2) is 3.27. The van der Waals surface area contributed by atoms with Gasteiger partial charge in [-0.05, 0) is 36.5 Å². The maximum absolute atomic E-state index is 5.60. The molecular weight excluding hydrogens is 160 g/mol. The quantitative estimate of drug-likeness (QED) is 0.557. The Morgan fingerprint density at radius 2 is 1.23 bits per heavy atom. The normalized spacial score (nSPS) is 49.8. The highest BCUT2D eigenvalue weighted by atomic mass is 16.5. The Bertz CT molecular complexity index is 170. The van der Waals surface area contributed by atoms with Crippen LogP contribution in [0.2, 0.25) is 0 Å². The zero-order chi connectivity index (χ0) is 8.67. The van der Waals surface area contributed by atoms with Crippen molar-refractivity contribution in [3.05, 3.63) is 0 Å². The van der Waals surface area contributed by atoms with E-state index in [1.54, 1.807) is 0 Å². The van der Waals surface area contributed by atoms with E-state index < -0.39 is 0 Å². The first-order chi connectivity index (χ1) is 6.43. The van der Waals surface area contributed by atoms with Gasteiger partial charge in [-0.15, -0.1) is 0 Å². The highest BCUT2D eigenvalue weighted by molar-refractivity contribution is 4.89. The van der Waals surface area contributed by atoms with Crippen LogP contribution in [0.15, 0.2) is 0 Å². The van der Waals surface area contributed by atoms with Gasteiger partial charge in [-0.25, -0.2) is 0 Å². The molecule has 0 aromatic carbocycles. The van der Waals surface area contributed by atoms with Crippen molar-refractivity contribution < 1.29 is 4.74 Å². The van der Waals surface area contributed by atoms with Gasteiger partial charge in [-0.3, -0.25) is 0 Å². The first kappa shape index (κ1) is 8.28. The van der Waals surface area contributed by atoms with Gasteiger partial charge in [0.15, 0.2) is 0 Å². The van der Waals surface area contributed by atoms with Crippen molar-refractivity contribution in [2.24, 2.45) is 23.7 Å². The molecule has 0 amide bonds. The van der Waals surface area contributed by atoms with Crippen molar-refractivity contribution in [2.75, 3.05) is 13.2 Å². The molecule has 0 radical (unpaired) electrons. The van der Waals surface area contributed by atoms with Crippen molar-refractivity contribution >= 4 is 0 Å². The van der Waals surface area contributed by atoms with Gasteiger partial charge >= 0.3 is 0 Å². The number of ether oxygens (including phenoxy) is 1. The summed E-state index contributed by atoms with van der Waals surface area (Å²) in [6.07, 6.45) is 9.03. The molecule has 4 atom stereocenters. The van der Waals surface area contributed by atoms with E-state index in [2.05, 4.69) is 0 Å². The van der Waals surface area contributed by atoms with E-state index in [0.717, 1.165) is 36.9 Å².